The lowest BCUT2D eigenvalue weighted by atomic mass is 9.90. The Morgan fingerprint density at radius 1 is 1.23 bits per heavy atom. The van der Waals surface area contributed by atoms with Crippen molar-refractivity contribution in [2.24, 2.45) is 0 Å². The molecule has 1 aromatic carbocycles. The third-order valence-electron chi connectivity index (χ3n) is 3.89. The first-order valence-corrected chi connectivity index (χ1v) is 7.24. The van der Waals surface area contributed by atoms with Gasteiger partial charge in [0, 0.05) is 5.56 Å². The van der Waals surface area contributed by atoms with Crippen molar-refractivity contribution in [2.75, 3.05) is 12.4 Å². The van der Waals surface area contributed by atoms with Gasteiger partial charge in [-0.25, -0.2) is 4.79 Å². The number of fused-ring (bicyclic) bond motifs is 1. The van der Waals surface area contributed by atoms with Crippen LogP contribution in [0.15, 0.2) is 24.4 Å². The maximum absolute atomic E-state index is 12.4. The predicted molar refractivity (Wildman–Crippen MR) is 81.0 cm³/mol. The molecule has 6 nitrogen and oxygen atoms in total. The summed E-state index contributed by atoms with van der Waals surface area (Å²) in [6.07, 6.45) is 5.84. The number of carbonyl (C=O) groups is 2. The minimum Gasteiger partial charge on any atom is -0.464 e. The van der Waals surface area contributed by atoms with E-state index in [2.05, 4.69) is 20.3 Å². The standard InChI is InChI=1S/C16H17N3O3/c1-22-16(21)14-13(9-17-19-14)18-15(20)12-7-6-10-4-2-3-5-11(10)8-12/h6-9H,2-5H2,1H3,(H,17,19)(H,18,20). The zero-order chi connectivity index (χ0) is 15.5. The van der Waals surface area contributed by atoms with E-state index in [1.165, 1.54) is 30.9 Å². The Morgan fingerprint density at radius 2 is 2.00 bits per heavy atom. The molecular weight excluding hydrogens is 282 g/mol. The van der Waals surface area contributed by atoms with Gasteiger partial charge in [-0.05, 0) is 48.9 Å². The topological polar surface area (TPSA) is 84.1 Å². The number of aromatic nitrogens is 2. The number of methoxy groups -OCH3 is 1. The Morgan fingerprint density at radius 3 is 2.77 bits per heavy atom. The van der Waals surface area contributed by atoms with Gasteiger partial charge in [0.1, 0.15) is 0 Å². The third kappa shape index (κ3) is 2.72. The number of rotatable bonds is 3. The first-order chi connectivity index (χ1) is 10.7. The van der Waals surface area contributed by atoms with Crippen LogP contribution in [0.2, 0.25) is 0 Å². The minimum absolute atomic E-state index is 0.133. The van der Waals surface area contributed by atoms with Crippen molar-refractivity contribution < 1.29 is 14.3 Å². The van der Waals surface area contributed by atoms with Crippen LogP contribution in [-0.2, 0) is 17.6 Å². The highest BCUT2D eigenvalue weighted by atomic mass is 16.5. The first-order valence-electron chi connectivity index (χ1n) is 7.24. The molecule has 2 N–H and O–H groups in total. The molecule has 0 atom stereocenters. The van der Waals surface area contributed by atoms with Gasteiger partial charge in [0.2, 0.25) is 0 Å². The van der Waals surface area contributed by atoms with Gasteiger partial charge >= 0.3 is 5.97 Å². The second-order valence-electron chi connectivity index (χ2n) is 5.29. The zero-order valence-electron chi connectivity index (χ0n) is 12.3. The van der Waals surface area contributed by atoms with E-state index in [0.717, 1.165) is 19.3 Å². The summed E-state index contributed by atoms with van der Waals surface area (Å²) in [6.45, 7) is 0. The SMILES string of the molecule is COC(=O)c1[nH]ncc1NC(=O)c1ccc2c(c1)CCCC2. The number of nitrogens with zero attached hydrogens (tertiary/aromatic N) is 1. The van der Waals surface area contributed by atoms with Crippen LogP contribution in [0.4, 0.5) is 5.69 Å². The van der Waals surface area contributed by atoms with Gasteiger partial charge in [-0.3, -0.25) is 9.89 Å². The molecule has 2 aromatic rings. The molecule has 0 saturated carbocycles. The second kappa shape index (κ2) is 6.01. The first kappa shape index (κ1) is 14.3. The molecule has 0 saturated heterocycles. The normalized spacial score (nSPS) is 13.3. The van der Waals surface area contributed by atoms with Crippen molar-refractivity contribution in [2.45, 2.75) is 25.7 Å². The number of hydrogen-bond donors (Lipinski definition) is 2. The van der Waals surface area contributed by atoms with Crippen molar-refractivity contribution in [1.82, 2.24) is 10.2 Å². The van der Waals surface area contributed by atoms with Gasteiger partial charge in [0.05, 0.1) is 19.0 Å². The molecule has 1 aliphatic carbocycles. The quantitative estimate of drug-likeness (QED) is 0.852. The smallest absolute Gasteiger partial charge is 0.358 e. The minimum atomic E-state index is -0.571. The predicted octanol–water partition coefficient (Wildman–Crippen LogP) is 2.33. The number of ether oxygens (including phenoxy) is 1. The fourth-order valence-electron chi connectivity index (χ4n) is 2.71. The van der Waals surface area contributed by atoms with Crippen LogP contribution in [0.25, 0.3) is 0 Å². The average Bonchev–Trinajstić information content (AvgIpc) is 3.01. The van der Waals surface area contributed by atoms with Gasteiger partial charge in [0.25, 0.3) is 5.91 Å². The Labute approximate surface area is 127 Å². The van der Waals surface area contributed by atoms with E-state index >= 15 is 0 Å². The zero-order valence-corrected chi connectivity index (χ0v) is 12.3. The second-order valence-corrected chi connectivity index (χ2v) is 5.29. The van der Waals surface area contributed by atoms with Crippen LogP contribution >= 0.6 is 0 Å². The molecule has 1 amide bonds. The summed E-state index contributed by atoms with van der Waals surface area (Å²) in [7, 11) is 1.28. The maximum atomic E-state index is 12.4. The van der Waals surface area contributed by atoms with E-state index in [9.17, 15) is 9.59 Å². The fraction of sp³-hybridized carbons (Fsp3) is 0.312. The Balaban J connectivity index is 1.80. The number of esters is 1. The Bertz CT molecular complexity index is 721. The number of nitrogens with one attached hydrogen (secondary N) is 2. The van der Waals surface area contributed by atoms with Crippen LogP contribution in [0.5, 0.6) is 0 Å². The molecule has 6 heteroatoms. The molecule has 1 heterocycles. The van der Waals surface area contributed by atoms with Crippen molar-refractivity contribution in [3.05, 3.63) is 46.8 Å². The van der Waals surface area contributed by atoms with Crippen LogP contribution in [0, 0.1) is 0 Å². The number of benzene rings is 1. The average molecular weight is 299 g/mol. The van der Waals surface area contributed by atoms with E-state index < -0.39 is 5.97 Å². The number of aromatic amines is 1. The summed E-state index contributed by atoms with van der Waals surface area (Å²) in [5, 5.41) is 8.99. The van der Waals surface area contributed by atoms with Gasteiger partial charge < -0.3 is 10.1 Å². The lowest BCUT2D eigenvalue weighted by molar-refractivity contribution is 0.0595. The van der Waals surface area contributed by atoms with Crippen LogP contribution in [0.3, 0.4) is 0 Å². The molecule has 0 unspecified atom stereocenters. The summed E-state index contributed by atoms with van der Waals surface area (Å²) >= 11 is 0. The largest absolute Gasteiger partial charge is 0.464 e. The lowest BCUT2D eigenvalue weighted by Crippen LogP contribution is -2.15. The number of carbonyl (C=O) groups excluding carboxylic acids is 2. The van der Waals surface area contributed by atoms with Crippen LogP contribution in [-0.4, -0.2) is 29.2 Å². The highest BCUT2D eigenvalue weighted by Crippen LogP contribution is 2.23. The highest BCUT2D eigenvalue weighted by Gasteiger charge is 2.18. The molecule has 0 bridgehead atoms. The molecule has 3 rings (SSSR count). The third-order valence-corrected chi connectivity index (χ3v) is 3.89. The molecule has 0 aliphatic heterocycles. The fourth-order valence-corrected chi connectivity index (χ4v) is 2.71. The van der Waals surface area contributed by atoms with Crippen molar-refractivity contribution in [3.63, 3.8) is 0 Å². The Hall–Kier alpha value is -2.63. The number of H-pyrrole nitrogens is 1. The lowest BCUT2D eigenvalue weighted by Gasteiger charge is -2.16. The van der Waals surface area contributed by atoms with Crippen molar-refractivity contribution in [3.8, 4) is 0 Å². The van der Waals surface area contributed by atoms with Gasteiger partial charge in [-0.15, -0.1) is 0 Å². The van der Waals surface area contributed by atoms with E-state index in [0.29, 0.717) is 11.3 Å². The number of hydrogen-bond acceptors (Lipinski definition) is 4. The van der Waals surface area contributed by atoms with Gasteiger partial charge in [-0.1, -0.05) is 6.07 Å². The highest BCUT2D eigenvalue weighted by molar-refractivity contribution is 6.07. The van der Waals surface area contributed by atoms with Crippen molar-refractivity contribution >= 4 is 17.6 Å². The van der Waals surface area contributed by atoms with Crippen LogP contribution < -0.4 is 5.32 Å². The molecule has 114 valence electrons. The summed E-state index contributed by atoms with van der Waals surface area (Å²) in [4.78, 5) is 23.9. The molecule has 1 aliphatic rings. The molecule has 1 aromatic heterocycles. The molecule has 0 fully saturated rings. The van der Waals surface area contributed by atoms with E-state index in [4.69, 9.17) is 0 Å². The molecule has 0 spiro atoms. The molecule has 0 radical (unpaired) electrons. The van der Waals surface area contributed by atoms with Gasteiger partial charge in [-0.2, -0.15) is 5.10 Å². The monoisotopic (exact) mass is 299 g/mol. The van der Waals surface area contributed by atoms with E-state index in [-0.39, 0.29) is 11.6 Å². The summed E-state index contributed by atoms with van der Waals surface area (Å²) in [5.74, 6) is -0.835. The van der Waals surface area contributed by atoms with Gasteiger partial charge in [0.15, 0.2) is 5.69 Å². The summed E-state index contributed by atoms with van der Waals surface area (Å²) in [6, 6.07) is 5.76. The van der Waals surface area contributed by atoms with E-state index in [1.807, 2.05) is 18.2 Å². The molecule has 22 heavy (non-hydrogen) atoms. The Kier molecular flexibility index (Phi) is 3.91. The van der Waals surface area contributed by atoms with Crippen molar-refractivity contribution in [1.29, 1.82) is 0 Å². The summed E-state index contributed by atoms with van der Waals surface area (Å²) < 4.78 is 4.64. The number of amides is 1. The number of anilines is 1. The van der Waals surface area contributed by atoms with E-state index in [1.54, 1.807) is 0 Å². The van der Waals surface area contributed by atoms with Crippen LogP contribution in [0.1, 0.15) is 44.8 Å². The molecular formula is C16H17N3O3. The number of aryl methyl sites for hydroxylation is 2. The summed E-state index contributed by atoms with van der Waals surface area (Å²) in [5.41, 5.74) is 3.58. The maximum Gasteiger partial charge on any atom is 0.358 e.